The number of nitrogens with one attached hydrogen (secondary N) is 1. The van der Waals surface area contributed by atoms with E-state index in [1.807, 2.05) is 0 Å². The first-order chi connectivity index (χ1) is 9.02. The van der Waals surface area contributed by atoms with Crippen molar-refractivity contribution in [2.75, 3.05) is 0 Å². The number of hydrogen-bond donors (Lipinski definition) is 4. The van der Waals surface area contributed by atoms with E-state index in [-0.39, 0.29) is 5.56 Å². The first-order valence-electron chi connectivity index (χ1n) is 5.53. The summed E-state index contributed by atoms with van der Waals surface area (Å²) in [5.41, 5.74) is 1.11. The maximum Gasteiger partial charge on any atom is 0.306 e. The Morgan fingerprint density at radius 2 is 2.21 bits per heavy atom. The normalized spacial score (nSPS) is 14.2. The van der Waals surface area contributed by atoms with E-state index >= 15 is 0 Å². The van der Waals surface area contributed by atoms with Gasteiger partial charge in [-0.3, -0.25) is 9.59 Å². The summed E-state index contributed by atoms with van der Waals surface area (Å²) in [4.78, 5) is 28.1. The van der Waals surface area contributed by atoms with Gasteiger partial charge in [-0.05, 0) is 6.07 Å². The number of hydrogen-bond acceptors (Lipinski definition) is 5. The third-order valence-corrected chi connectivity index (χ3v) is 2.80. The van der Waals surface area contributed by atoms with Crippen LogP contribution >= 0.6 is 0 Å². The number of pyridine rings is 1. The lowest BCUT2D eigenvalue weighted by atomic mass is 10.0. The van der Waals surface area contributed by atoms with Gasteiger partial charge in [-0.25, -0.2) is 4.98 Å². The number of aliphatic hydroxyl groups excluding tert-OH is 2. The molecule has 0 amide bonds. The summed E-state index contributed by atoms with van der Waals surface area (Å²) in [6.07, 6.45) is 0.0623. The lowest BCUT2D eigenvalue weighted by molar-refractivity contribution is -0.141. The summed E-state index contributed by atoms with van der Waals surface area (Å²) in [5.74, 6) is -1.21. The minimum Gasteiger partial charge on any atom is -0.481 e. The number of fused-ring (bicyclic) bond motifs is 1. The molecule has 0 aromatic carbocycles. The highest BCUT2D eigenvalue weighted by molar-refractivity contribution is 5.95. The molecule has 0 aliphatic rings. The smallest absolute Gasteiger partial charge is 0.306 e. The van der Waals surface area contributed by atoms with E-state index in [4.69, 9.17) is 5.11 Å². The number of aromatic nitrogens is 2. The summed E-state index contributed by atoms with van der Waals surface area (Å²) in [6, 6.07) is 1.50. The molecule has 4 N–H and O–H groups in total. The summed E-state index contributed by atoms with van der Waals surface area (Å²) in [6.45, 7) is 0. The van der Waals surface area contributed by atoms with Crippen molar-refractivity contribution in [3.05, 3.63) is 29.6 Å². The summed E-state index contributed by atoms with van der Waals surface area (Å²) in [7, 11) is 0. The molecule has 0 bridgehead atoms. The van der Waals surface area contributed by atoms with Crippen molar-refractivity contribution < 1.29 is 24.9 Å². The Bertz CT molecular complexity index is 622. The van der Waals surface area contributed by atoms with Crippen LogP contribution in [-0.2, 0) is 4.79 Å². The molecule has 0 spiro atoms. The molecule has 100 valence electrons. The number of H-pyrrole nitrogens is 1. The van der Waals surface area contributed by atoms with Crippen molar-refractivity contribution in [1.82, 2.24) is 9.97 Å². The number of nitrogens with zero attached hydrogens (tertiary/aromatic N) is 1. The van der Waals surface area contributed by atoms with Crippen LogP contribution in [0.2, 0.25) is 0 Å². The van der Waals surface area contributed by atoms with Crippen molar-refractivity contribution in [3.8, 4) is 0 Å². The first kappa shape index (κ1) is 13.2. The van der Waals surface area contributed by atoms with Crippen LogP contribution in [0.4, 0.5) is 0 Å². The lowest BCUT2D eigenvalue weighted by Gasteiger charge is -2.16. The summed E-state index contributed by atoms with van der Waals surface area (Å²) < 4.78 is 0. The van der Waals surface area contributed by atoms with E-state index in [1.54, 1.807) is 0 Å². The maximum absolute atomic E-state index is 10.8. The molecule has 0 aliphatic carbocycles. The molecule has 2 atom stereocenters. The second kappa shape index (κ2) is 5.17. The average molecular weight is 264 g/mol. The predicted molar refractivity (Wildman–Crippen MR) is 64.7 cm³/mol. The molecular formula is C12H12N2O5. The van der Waals surface area contributed by atoms with Gasteiger partial charge >= 0.3 is 5.97 Å². The largest absolute Gasteiger partial charge is 0.481 e. The number of carboxylic acids is 1. The molecule has 2 heterocycles. The highest BCUT2D eigenvalue weighted by atomic mass is 16.4. The molecule has 19 heavy (non-hydrogen) atoms. The van der Waals surface area contributed by atoms with Crippen LogP contribution in [0.3, 0.4) is 0 Å². The molecule has 0 saturated carbocycles. The number of carboxylic acid groups (broad SMARTS) is 1. The number of aliphatic hydroxyl groups is 2. The number of aliphatic carboxylic acids is 1. The molecule has 0 radical (unpaired) electrons. The Morgan fingerprint density at radius 1 is 1.47 bits per heavy atom. The topological polar surface area (TPSA) is 124 Å². The molecule has 0 saturated heterocycles. The highest BCUT2D eigenvalue weighted by Gasteiger charge is 2.22. The minimum absolute atomic E-state index is 0.254. The van der Waals surface area contributed by atoms with Crippen molar-refractivity contribution in [3.63, 3.8) is 0 Å². The number of rotatable bonds is 5. The monoisotopic (exact) mass is 264 g/mol. The summed E-state index contributed by atoms with van der Waals surface area (Å²) >= 11 is 0. The number of carbonyl (C=O) groups is 2. The Hall–Kier alpha value is -2.25. The Kier molecular flexibility index (Phi) is 3.59. The molecule has 7 heteroatoms. The van der Waals surface area contributed by atoms with Gasteiger partial charge in [-0.15, -0.1) is 0 Å². The molecule has 2 aromatic heterocycles. The van der Waals surface area contributed by atoms with Gasteiger partial charge in [-0.2, -0.15) is 0 Å². The van der Waals surface area contributed by atoms with E-state index in [2.05, 4.69) is 9.97 Å². The maximum atomic E-state index is 10.8. The van der Waals surface area contributed by atoms with E-state index in [9.17, 15) is 19.8 Å². The van der Waals surface area contributed by atoms with Crippen LogP contribution in [0.5, 0.6) is 0 Å². The number of aldehydes is 1. The first-order valence-corrected chi connectivity index (χ1v) is 5.53. The highest BCUT2D eigenvalue weighted by Crippen LogP contribution is 2.23. The van der Waals surface area contributed by atoms with Crippen molar-refractivity contribution >= 4 is 23.3 Å². The van der Waals surface area contributed by atoms with E-state index in [0.717, 1.165) is 0 Å². The lowest BCUT2D eigenvalue weighted by Crippen LogP contribution is -2.21. The van der Waals surface area contributed by atoms with Crippen LogP contribution in [0.1, 0.15) is 28.4 Å². The second-order valence-corrected chi connectivity index (χ2v) is 4.14. The molecular weight excluding hydrogens is 252 g/mol. The number of aromatic amines is 1. The zero-order valence-corrected chi connectivity index (χ0v) is 9.78. The van der Waals surface area contributed by atoms with Gasteiger partial charge in [-0.1, -0.05) is 0 Å². The van der Waals surface area contributed by atoms with Crippen molar-refractivity contribution in [2.45, 2.75) is 18.6 Å². The van der Waals surface area contributed by atoms with Crippen LogP contribution in [0.15, 0.2) is 18.5 Å². The quantitative estimate of drug-likeness (QED) is 0.574. The Balaban J connectivity index is 2.34. The number of carbonyl (C=O) groups excluding carboxylic acids is 1. The van der Waals surface area contributed by atoms with Crippen LogP contribution in [-0.4, -0.2) is 43.6 Å². The fraction of sp³-hybridized carbons (Fsp3) is 0.250. The van der Waals surface area contributed by atoms with Crippen molar-refractivity contribution in [1.29, 1.82) is 0 Å². The SMILES string of the molecule is O=Cc1c[nH]c2ncc(C(O)C(O)CC(=O)O)cc12. The third-order valence-electron chi connectivity index (χ3n) is 2.80. The van der Waals surface area contributed by atoms with Gasteiger partial charge < -0.3 is 20.3 Å². The van der Waals surface area contributed by atoms with Gasteiger partial charge in [0.15, 0.2) is 6.29 Å². The van der Waals surface area contributed by atoms with Crippen LogP contribution in [0.25, 0.3) is 11.0 Å². The van der Waals surface area contributed by atoms with Crippen molar-refractivity contribution in [2.24, 2.45) is 0 Å². The van der Waals surface area contributed by atoms with Gasteiger partial charge in [0.2, 0.25) is 0 Å². The zero-order valence-electron chi connectivity index (χ0n) is 9.78. The molecule has 2 aromatic rings. The van der Waals surface area contributed by atoms with Crippen LogP contribution < -0.4 is 0 Å². The standard InChI is InChI=1S/C12H12N2O5/c15-5-7-4-14-12-8(7)1-6(3-13-12)11(19)9(16)2-10(17)18/h1,3-5,9,11,16,19H,2H2,(H,13,14)(H,17,18). The fourth-order valence-corrected chi connectivity index (χ4v) is 1.81. The molecule has 7 nitrogen and oxygen atoms in total. The van der Waals surface area contributed by atoms with E-state index in [1.165, 1.54) is 18.5 Å². The molecule has 2 unspecified atom stereocenters. The molecule has 0 fully saturated rings. The van der Waals surface area contributed by atoms with Gasteiger partial charge in [0.05, 0.1) is 12.5 Å². The van der Waals surface area contributed by atoms with Crippen LogP contribution in [0, 0.1) is 0 Å². The molecule has 0 aliphatic heterocycles. The predicted octanol–water partition coefficient (Wildman–Crippen LogP) is 0.244. The Labute approximate surface area is 107 Å². The van der Waals surface area contributed by atoms with Gasteiger partial charge in [0.1, 0.15) is 11.8 Å². The fourth-order valence-electron chi connectivity index (χ4n) is 1.81. The van der Waals surface area contributed by atoms with Gasteiger partial charge in [0.25, 0.3) is 0 Å². The minimum atomic E-state index is -1.43. The second-order valence-electron chi connectivity index (χ2n) is 4.14. The third kappa shape index (κ3) is 2.61. The summed E-state index contributed by atoms with van der Waals surface area (Å²) in [5, 5.41) is 28.5. The zero-order chi connectivity index (χ0) is 14.0. The van der Waals surface area contributed by atoms with Gasteiger partial charge in [0, 0.05) is 28.9 Å². The molecule has 2 rings (SSSR count). The Morgan fingerprint density at radius 3 is 2.84 bits per heavy atom. The van der Waals surface area contributed by atoms with E-state index < -0.39 is 24.6 Å². The van der Waals surface area contributed by atoms with E-state index in [0.29, 0.717) is 22.9 Å². The average Bonchev–Trinajstić information content (AvgIpc) is 2.78.